The van der Waals surface area contributed by atoms with E-state index in [1.54, 1.807) is 0 Å². The fraction of sp³-hybridized carbons (Fsp3) is 0.385. The van der Waals surface area contributed by atoms with Crippen LogP contribution in [-0.4, -0.2) is 23.9 Å². The molecule has 0 saturated carbocycles. The highest BCUT2D eigenvalue weighted by atomic mass is 79.9. The topological polar surface area (TPSA) is 58.2 Å². The zero-order valence-corrected chi connectivity index (χ0v) is 12.6. The molecule has 1 aromatic rings. The summed E-state index contributed by atoms with van der Waals surface area (Å²) in [6.07, 6.45) is 0. The Kier molecular flexibility index (Phi) is 5.05. The molecule has 1 aromatic carbocycles. The number of carbonyl (C=O) groups is 2. The second kappa shape index (κ2) is 6.14. The van der Waals surface area contributed by atoms with E-state index >= 15 is 0 Å². The van der Waals surface area contributed by atoms with Crippen molar-refractivity contribution < 1.29 is 14.0 Å². The number of amides is 2. The second-order valence-corrected chi connectivity index (χ2v) is 6.02. The molecule has 0 fully saturated rings. The highest BCUT2D eigenvalue weighted by Crippen LogP contribution is 2.15. The normalized spacial score (nSPS) is 11.0. The Labute approximate surface area is 119 Å². The monoisotopic (exact) mass is 330 g/mol. The van der Waals surface area contributed by atoms with Crippen LogP contribution >= 0.6 is 15.9 Å². The highest BCUT2D eigenvalue weighted by Gasteiger charge is 2.16. The van der Waals surface area contributed by atoms with Crippen LogP contribution in [0.5, 0.6) is 0 Å². The Morgan fingerprint density at radius 3 is 2.53 bits per heavy atom. The molecule has 0 aliphatic heterocycles. The van der Waals surface area contributed by atoms with Crippen LogP contribution in [0.4, 0.5) is 4.39 Å². The average Bonchev–Trinajstić information content (AvgIpc) is 2.27. The van der Waals surface area contributed by atoms with E-state index in [9.17, 15) is 14.0 Å². The molecule has 0 aromatic heterocycles. The van der Waals surface area contributed by atoms with E-state index in [2.05, 4.69) is 26.6 Å². The van der Waals surface area contributed by atoms with Crippen LogP contribution in [0.2, 0.25) is 0 Å². The molecule has 0 unspecified atom stereocenters. The van der Waals surface area contributed by atoms with Crippen molar-refractivity contribution in [1.82, 2.24) is 10.6 Å². The minimum atomic E-state index is -0.628. The summed E-state index contributed by atoms with van der Waals surface area (Å²) in [6.45, 7) is 5.31. The minimum Gasteiger partial charge on any atom is -0.350 e. The number of hydrogen-bond donors (Lipinski definition) is 2. The molecule has 0 bridgehead atoms. The maximum absolute atomic E-state index is 13.4. The van der Waals surface area contributed by atoms with E-state index in [0.29, 0.717) is 4.47 Å². The van der Waals surface area contributed by atoms with Gasteiger partial charge in [-0.3, -0.25) is 9.59 Å². The summed E-state index contributed by atoms with van der Waals surface area (Å²) in [5.41, 5.74) is -0.471. The van der Waals surface area contributed by atoms with E-state index in [0.717, 1.165) is 0 Å². The first-order chi connectivity index (χ1) is 8.69. The Morgan fingerprint density at radius 2 is 1.95 bits per heavy atom. The van der Waals surface area contributed by atoms with E-state index in [1.807, 2.05) is 20.8 Å². The van der Waals surface area contributed by atoms with Crippen molar-refractivity contribution in [1.29, 1.82) is 0 Å². The summed E-state index contributed by atoms with van der Waals surface area (Å²) in [4.78, 5) is 23.3. The van der Waals surface area contributed by atoms with Crippen molar-refractivity contribution >= 4 is 27.7 Å². The number of carbonyl (C=O) groups excluding carboxylic acids is 2. The van der Waals surface area contributed by atoms with Gasteiger partial charge in [0.25, 0.3) is 5.91 Å². The lowest BCUT2D eigenvalue weighted by molar-refractivity contribution is -0.121. The molecule has 104 valence electrons. The largest absolute Gasteiger partial charge is 0.350 e. The number of hydrogen-bond acceptors (Lipinski definition) is 2. The molecule has 0 aliphatic rings. The molecule has 0 radical (unpaired) electrons. The third-order valence-corrected chi connectivity index (χ3v) is 2.59. The first kappa shape index (κ1) is 15.6. The van der Waals surface area contributed by atoms with Gasteiger partial charge in [0, 0.05) is 10.0 Å². The molecule has 4 nitrogen and oxygen atoms in total. The zero-order valence-electron chi connectivity index (χ0n) is 11.0. The van der Waals surface area contributed by atoms with E-state index in [1.165, 1.54) is 18.2 Å². The molecule has 0 heterocycles. The van der Waals surface area contributed by atoms with Gasteiger partial charge < -0.3 is 10.6 Å². The highest BCUT2D eigenvalue weighted by molar-refractivity contribution is 9.10. The van der Waals surface area contributed by atoms with Gasteiger partial charge in [0.05, 0.1) is 12.1 Å². The van der Waals surface area contributed by atoms with Crippen molar-refractivity contribution in [3.05, 3.63) is 34.1 Å². The quantitative estimate of drug-likeness (QED) is 0.892. The van der Waals surface area contributed by atoms with Gasteiger partial charge in [0.2, 0.25) is 5.91 Å². The van der Waals surface area contributed by atoms with Crippen LogP contribution < -0.4 is 10.6 Å². The van der Waals surface area contributed by atoms with Crippen LogP contribution in [0.25, 0.3) is 0 Å². The molecular weight excluding hydrogens is 315 g/mol. The number of nitrogens with one attached hydrogen (secondary N) is 2. The van der Waals surface area contributed by atoms with Gasteiger partial charge in [-0.25, -0.2) is 4.39 Å². The molecule has 19 heavy (non-hydrogen) atoms. The first-order valence-corrected chi connectivity index (χ1v) is 6.52. The Hall–Kier alpha value is -1.43. The van der Waals surface area contributed by atoms with Crippen LogP contribution in [0.3, 0.4) is 0 Å². The molecule has 2 N–H and O–H groups in total. The van der Waals surface area contributed by atoms with Gasteiger partial charge in [-0.05, 0) is 39.0 Å². The molecule has 0 spiro atoms. The van der Waals surface area contributed by atoms with Gasteiger partial charge in [-0.2, -0.15) is 0 Å². The van der Waals surface area contributed by atoms with E-state index in [-0.39, 0.29) is 23.6 Å². The summed E-state index contributed by atoms with van der Waals surface area (Å²) in [5.74, 6) is -1.57. The van der Waals surface area contributed by atoms with Crippen LogP contribution in [0.15, 0.2) is 22.7 Å². The van der Waals surface area contributed by atoms with Crippen molar-refractivity contribution in [3.8, 4) is 0 Å². The van der Waals surface area contributed by atoms with Crippen LogP contribution in [0, 0.1) is 5.82 Å². The molecule has 0 atom stereocenters. The zero-order chi connectivity index (χ0) is 14.6. The lowest BCUT2D eigenvalue weighted by Gasteiger charge is -2.20. The predicted octanol–water partition coefficient (Wildman–Crippen LogP) is 2.23. The third kappa shape index (κ3) is 5.38. The van der Waals surface area contributed by atoms with Crippen molar-refractivity contribution in [2.45, 2.75) is 26.3 Å². The summed E-state index contributed by atoms with van der Waals surface area (Å²) >= 11 is 3.16. The van der Waals surface area contributed by atoms with E-state index < -0.39 is 11.7 Å². The maximum Gasteiger partial charge on any atom is 0.254 e. The average molecular weight is 331 g/mol. The number of benzene rings is 1. The fourth-order valence-corrected chi connectivity index (χ4v) is 1.75. The lowest BCUT2D eigenvalue weighted by atomic mass is 10.1. The van der Waals surface area contributed by atoms with Crippen molar-refractivity contribution in [2.24, 2.45) is 0 Å². The first-order valence-electron chi connectivity index (χ1n) is 5.73. The smallest absolute Gasteiger partial charge is 0.254 e. The molecular formula is C13H16BrFN2O2. The predicted molar refractivity (Wildman–Crippen MR) is 74.3 cm³/mol. The van der Waals surface area contributed by atoms with Crippen LogP contribution in [0.1, 0.15) is 31.1 Å². The minimum absolute atomic E-state index is 0.0991. The Bertz CT molecular complexity index is 498. The Balaban J connectivity index is 2.61. The molecule has 0 saturated heterocycles. The standard InChI is InChI=1S/C13H16BrFN2O2/c1-13(2,3)17-11(18)7-16-12(19)9-6-8(14)4-5-10(9)15/h4-6H,7H2,1-3H3,(H,16,19)(H,17,18). The lowest BCUT2D eigenvalue weighted by Crippen LogP contribution is -2.45. The summed E-state index contributed by atoms with van der Waals surface area (Å²) in [7, 11) is 0. The Morgan fingerprint density at radius 1 is 1.32 bits per heavy atom. The van der Waals surface area contributed by atoms with Crippen LogP contribution in [-0.2, 0) is 4.79 Å². The van der Waals surface area contributed by atoms with Gasteiger partial charge in [0.15, 0.2) is 0 Å². The molecule has 0 aliphatic carbocycles. The summed E-state index contributed by atoms with van der Waals surface area (Å²) < 4.78 is 14.0. The fourth-order valence-electron chi connectivity index (χ4n) is 1.39. The summed E-state index contributed by atoms with van der Waals surface area (Å²) in [6, 6.07) is 4.05. The molecule has 1 rings (SSSR count). The number of halogens is 2. The maximum atomic E-state index is 13.4. The van der Waals surface area contributed by atoms with Gasteiger partial charge in [0.1, 0.15) is 5.82 Å². The van der Waals surface area contributed by atoms with Gasteiger partial charge >= 0.3 is 0 Å². The summed E-state index contributed by atoms with van der Waals surface area (Å²) in [5, 5.41) is 5.07. The second-order valence-electron chi connectivity index (χ2n) is 5.11. The van der Waals surface area contributed by atoms with Crippen molar-refractivity contribution in [2.75, 3.05) is 6.54 Å². The van der Waals surface area contributed by atoms with Gasteiger partial charge in [-0.15, -0.1) is 0 Å². The third-order valence-electron chi connectivity index (χ3n) is 2.10. The number of rotatable bonds is 3. The molecule has 2 amide bonds. The molecule has 6 heteroatoms. The van der Waals surface area contributed by atoms with E-state index in [4.69, 9.17) is 0 Å². The van der Waals surface area contributed by atoms with Crippen molar-refractivity contribution in [3.63, 3.8) is 0 Å². The van der Waals surface area contributed by atoms with Gasteiger partial charge in [-0.1, -0.05) is 15.9 Å². The SMILES string of the molecule is CC(C)(C)NC(=O)CNC(=O)c1cc(Br)ccc1F.